The lowest BCUT2D eigenvalue weighted by Gasteiger charge is -2.46. The van der Waals surface area contributed by atoms with Gasteiger partial charge in [0.1, 0.15) is 5.82 Å². The number of rotatable bonds is 3. The number of hydrogen-bond acceptors (Lipinski definition) is 5. The molecule has 0 radical (unpaired) electrons. The molecule has 3 aromatic rings. The Balaban J connectivity index is 1.78. The quantitative estimate of drug-likeness (QED) is 0.592. The van der Waals surface area contributed by atoms with Gasteiger partial charge in [0.15, 0.2) is 5.78 Å². The summed E-state index contributed by atoms with van der Waals surface area (Å²) in [5.74, 6) is 1.08. The van der Waals surface area contributed by atoms with Crippen LogP contribution in [0, 0.1) is 12.3 Å². The molecule has 162 valence electrons. The predicted molar refractivity (Wildman–Crippen MR) is 126 cm³/mol. The Morgan fingerprint density at radius 3 is 2.69 bits per heavy atom. The number of allylic oxidation sites excluding steroid dienone is 2. The van der Waals surface area contributed by atoms with Crippen LogP contribution < -0.4 is 5.32 Å². The van der Waals surface area contributed by atoms with Crippen LogP contribution in [0.5, 0.6) is 0 Å². The predicted octanol–water partition coefficient (Wildman–Crippen LogP) is 5.61. The van der Waals surface area contributed by atoms with Crippen molar-refractivity contribution in [2.45, 2.75) is 52.4 Å². The molecule has 32 heavy (non-hydrogen) atoms. The second-order valence-corrected chi connectivity index (χ2v) is 9.74. The first kappa shape index (κ1) is 20.6. The molecule has 2 aromatic heterocycles. The molecular formula is C27H28N4O. The highest BCUT2D eigenvalue weighted by Crippen LogP contribution is 2.54. The van der Waals surface area contributed by atoms with Gasteiger partial charge in [0.05, 0.1) is 17.3 Å². The molecule has 5 nitrogen and oxygen atoms in total. The summed E-state index contributed by atoms with van der Waals surface area (Å²) < 4.78 is 0. The summed E-state index contributed by atoms with van der Waals surface area (Å²) in [6.07, 6.45) is 5.77. The van der Waals surface area contributed by atoms with E-state index in [0.29, 0.717) is 6.42 Å². The maximum absolute atomic E-state index is 13.7. The number of nitrogens with one attached hydrogen (secondary N) is 1. The maximum atomic E-state index is 13.7. The second kappa shape index (κ2) is 7.37. The molecule has 3 heterocycles. The van der Waals surface area contributed by atoms with Crippen LogP contribution in [0.15, 0.2) is 66.1 Å². The summed E-state index contributed by atoms with van der Waals surface area (Å²) >= 11 is 0. The lowest BCUT2D eigenvalue weighted by molar-refractivity contribution is -0.118. The van der Waals surface area contributed by atoms with Crippen molar-refractivity contribution >= 4 is 11.6 Å². The van der Waals surface area contributed by atoms with Gasteiger partial charge in [-0.05, 0) is 54.5 Å². The van der Waals surface area contributed by atoms with Crippen LogP contribution in [0.4, 0.5) is 5.82 Å². The van der Waals surface area contributed by atoms with E-state index in [1.807, 2.05) is 25.3 Å². The van der Waals surface area contributed by atoms with Crippen molar-refractivity contribution < 1.29 is 4.79 Å². The minimum atomic E-state index is -0.538. The molecule has 5 heteroatoms. The van der Waals surface area contributed by atoms with E-state index in [2.05, 4.69) is 71.6 Å². The minimum absolute atomic E-state index is 0.0727. The average Bonchev–Trinajstić information content (AvgIpc) is 2.77. The average molecular weight is 425 g/mol. The van der Waals surface area contributed by atoms with Gasteiger partial charge in [-0.1, -0.05) is 45.0 Å². The van der Waals surface area contributed by atoms with Crippen molar-refractivity contribution in [2.75, 3.05) is 5.32 Å². The smallest absolute Gasteiger partial charge is 0.162 e. The molecule has 1 N–H and O–H groups in total. The molecule has 0 fully saturated rings. The van der Waals surface area contributed by atoms with Crippen LogP contribution in [-0.2, 0) is 10.2 Å². The molecule has 0 amide bonds. The van der Waals surface area contributed by atoms with Gasteiger partial charge in [-0.2, -0.15) is 10.2 Å². The molecule has 0 saturated heterocycles. The van der Waals surface area contributed by atoms with Crippen LogP contribution >= 0.6 is 0 Å². The summed E-state index contributed by atoms with van der Waals surface area (Å²) in [7, 11) is 0. The van der Waals surface area contributed by atoms with Crippen LogP contribution in [0.2, 0.25) is 0 Å². The molecule has 0 unspecified atom stereocenters. The SMILES string of the molecule is CC[C@]1(c2cccc(-c3cnnc(C)c3)c2)C2=C(CC(C)(C)CC2=O)Nc2ncccc21. The van der Waals surface area contributed by atoms with Gasteiger partial charge in [0.2, 0.25) is 0 Å². The third-order valence-corrected chi connectivity index (χ3v) is 6.83. The topological polar surface area (TPSA) is 67.8 Å². The number of hydrogen-bond donors (Lipinski definition) is 1. The fourth-order valence-electron chi connectivity index (χ4n) is 5.52. The Kier molecular flexibility index (Phi) is 4.73. The molecule has 5 rings (SSSR count). The number of anilines is 1. The Labute approximate surface area is 189 Å². The van der Waals surface area contributed by atoms with E-state index in [1.165, 1.54) is 0 Å². The molecule has 1 aromatic carbocycles. The number of carbonyl (C=O) groups excluding carboxylic acids is 1. The lowest BCUT2D eigenvalue weighted by atomic mass is 9.59. The third-order valence-electron chi connectivity index (χ3n) is 6.83. The molecule has 0 bridgehead atoms. The molecule has 1 aliphatic heterocycles. The van der Waals surface area contributed by atoms with Crippen molar-refractivity contribution in [3.05, 3.63) is 82.9 Å². The highest BCUT2D eigenvalue weighted by Gasteiger charge is 2.49. The number of nitrogens with zero attached hydrogens (tertiary/aromatic N) is 3. The van der Waals surface area contributed by atoms with E-state index in [1.54, 1.807) is 6.20 Å². The number of ketones is 1. The Hall–Kier alpha value is -3.34. The van der Waals surface area contributed by atoms with Gasteiger partial charge in [0, 0.05) is 35.0 Å². The number of benzene rings is 1. The first-order valence-electron chi connectivity index (χ1n) is 11.2. The van der Waals surface area contributed by atoms with Crippen LogP contribution in [0.25, 0.3) is 11.1 Å². The second-order valence-electron chi connectivity index (χ2n) is 9.74. The zero-order chi connectivity index (χ0) is 22.5. The van der Waals surface area contributed by atoms with Crippen LogP contribution in [0.3, 0.4) is 0 Å². The fourth-order valence-corrected chi connectivity index (χ4v) is 5.52. The molecule has 0 spiro atoms. The minimum Gasteiger partial charge on any atom is -0.343 e. The Morgan fingerprint density at radius 2 is 1.91 bits per heavy atom. The van der Waals surface area contributed by atoms with E-state index in [0.717, 1.165) is 57.9 Å². The summed E-state index contributed by atoms with van der Waals surface area (Å²) in [6.45, 7) is 8.45. The fraction of sp³-hybridized carbons (Fsp3) is 0.333. The molecule has 1 aliphatic carbocycles. The Morgan fingerprint density at radius 1 is 1.06 bits per heavy atom. The molecule has 1 atom stereocenters. The molecule has 0 saturated carbocycles. The maximum Gasteiger partial charge on any atom is 0.162 e. The Bertz CT molecular complexity index is 1260. The summed E-state index contributed by atoms with van der Waals surface area (Å²) in [5, 5.41) is 11.8. The summed E-state index contributed by atoms with van der Waals surface area (Å²) in [5.41, 5.74) is 6.47. The van der Waals surface area contributed by atoms with Crippen molar-refractivity contribution in [1.29, 1.82) is 0 Å². The number of fused-ring (bicyclic) bond motifs is 1. The zero-order valence-electron chi connectivity index (χ0n) is 19.1. The van der Waals surface area contributed by atoms with Gasteiger partial charge in [-0.3, -0.25) is 4.79 Å². The lowest BCUT2D eigenvalue weighted by Crippen LogP contribution is -2.43. The van der Waals surface area contributed by atoms with E-state index in [-0.39, 0.29) is 11.2 Å². The number of aromatic nitrogens is 3. The van der Waals surface area contributed by atoms with Crippen LogP contribution in [0.1, 0.15) is 56.9 Å². The van der Waals surface area contributed by atoms with Crippen molar-refractivity contribution in [3.8, 4) is 11.1 Å². The van der Waals surface area contributed by atoms with Gasteiger partial charge in [-0.15, -0.1) is 0 Å². The number of aryl methyl sites for hydroxylation is 1. The molecular weight excluding hydrogens is 396 g/mol. The first-order chi connectivity index (χ1) is 15.3. The van der Waals surface area contributed by atoms with Gasteiger partial charge in [0.25, 0.3) is 0 Å². The van der Waals surface area contributed by atoms with E-state index in [9.17, 15) is 4.79 Å². The number of pyridine rings is 1. The highest BCUT2D eigenvalue weighted by atomic mass is 16.1. The van der Waals surface area contributed by atoms with Crippen molar-refractivity contribution in [2.24, 2.45) is 5.41 Å². The normalized spacial score (nSPS) is 21.6. The van der Waals surface area contributed by atoms with Crippen molar-refractivity contribution in [1.82, 2.24) is 15.2 Å². The first-order valence-corrected chi connectivity index (χ1v) is 11.2. The zero-order valence-corrected chi connectivity index (χ0v) is 19.1. The largest absolute Gasteiger partial charge is 0.343 e. The highest BCUT2D eigenvalue weighted by molar-refractivity contribution is 6.03. The van der Waals surface area contributed by atoms with E-state index >= 15 is 0 Å². The monoisotopic (exact) mass is 424 g/mol. The summed E-state index contributed by atoms with van der Waals surface area (Å²) in [4.78, 5) is 18.3. The third kappa shape index (κ3) is 3.15. The van der Waals surface area contributed by atoms with Gasteiger partial charge < -0.3 is 5.32 Å². The summed E-state index contributed by atoms with van der Waals surface area (Å²) in [6, 6.07) is 14.6. The van der Waals surface area contributed by atoms with Gasteiger partial charge >= 0.3 is 0 Å². The van der Waals surface area contributed by atoms with Gasteiger partial charge in [-0.25, -0.2) is 4.98 Å². The van der Waals surface area contributed by atoms with Crippen LogP contribution in [-0.4, -0.2) is 21.0 Å². The van der Waals surface area contributed by atoms with E-state index < -0.39 is 5.41 Å². The number of Topliss-reactive ketones (excluding diaryl/α,β-unsaturated/α-hetero) is 1. The van der Waals surface area contributed by atoms with Crippen molar-refractivity contribution in [3.63, 3.8) is 0 Å². The standard InChI is InChI=1S/C27H28N4O/c1-5-27(20-9-6-8-18(13-20)19-12-17(2)31-29-16-19)21-10-7-11-28-25(21)30-22-14-26(3,4)15-23(32)24(22)27/h6-13,16H,5,14-15H2,1-4H3,(H,28,30)/t27-/m1/s1. The van der Waals surface area contributed by atoms with E-state index in [4.69, 9.17) is 0 Å². The number of carbonyl (C=O) groups is 1. The molecule has 2 aliphatic rings.